The summed E-state index contributed by atoms with van der Waals surface area (Å²) in [5.41, 5.74) is 2.10. The summed E-state index contributed by atoms with van der Waals surface area (Å²) in [5.74, 6) is 0.432. The third kappa shape index (κ3) is 2.58. The topological polar surface area (TPSA) is 30.7 Å². The molecule has 0 atom stereocenters. The first kappa shape index (κ1) is 10.6. The number of nitrogens with zero attached hydrogens (tertiary/aromatic N) is 3. The molecular weight excluding hydrogens is 277 g/mol. The lowest BCUT2D eigenvalue weighted by molar-refractivity contribution is 0.630. The summed E-state index contributed by atoms with van der Waals surface area (Å²) in [6.45, 7) is 0.696. The Bertz CT molecular complexity index is 455. The molecule has 0 radical (unpaired) electrons. The zero-order valence-corrected chi connectivity index (χ0v) is 10.2. The van der Waals surface area contributed by atoms with Crippen molar-refractivity contribution >= 4 is 27.5 Å². The van der Waals surface area contributed by atoms with Gasteiger partial charge in [0.05, 0.1) is 24.3 Å². The van der Waals surface area contributed by atoms with Gasteiger partial charge in [-0.2, -0.15) is 0 Å². The van der Waals surface area contributed by atoms with Gasteiger partial charge in [-0.25, -0.2) is 4.68 Å². The first-order valence-electron chi connectivity index (χ1n) is 4.47. The Morgan fingerprint density at radius 2 is 2.27 bits per heavy atom. The predicted molar refractivity (Wildman–Crippen MR) is 62.8 cm³/mol. The van der Waals surface area contributed by atoms with Crippen LogP contribution in [-0.4, -0.2) is 15.0 Å². The Balaban J connectivity index is 2.22. The number of hydrogen-bond acceptors (Lipinski definition) is 2. The van der Waals surface area contributed by atoms with Gasteiger partial charge in [0.15, 0.2) is 0 Å². The van der Waals surface area contributed by atoms with E-state index in [1.807, 2.05) is 18.2 Å². The van der Waals surface area contributed by atoms with Gasteiger partial charge in [-0.1, -0.05) is 33.3 Å². The summed E-state index contributed by atoms with van der Waals surface area (Å²) in [5, 5.41) is 7.81. The van der Waals surface area contributed by atoms with Gasteiger partial charge in [0.2, 0.25) is 0 Å². The molecule has 1 heterocycles. The molecule has 0 aliphatic heterocycles. The number of rotatable bonds is 3. The highest BCUT2D eigenvalue weighted by Gasteiger charge is 2.03. The van der Waals surface area contributed by atoms with Gasteiger partial charge >= 0.3 is 0 Å². The van der Waals surface area contributed by atoms with E-state index in [4.69, 9.17) is 11.6 Å². The van der Waals surface area contributed by atoms with Crippen LogP contribution < -0.4 is 0 Å². The highest BCUT2D eigenvalue weighted by atomic mass is 79.9. The zero-order chi connectivity index (χ0) is 10.7. The van der Waals surface area contributed by atoms with E-state index in [2.05, 4.69) is 32.3 Å². The predicted octanol–water partition coefficient (Wildman–Crippen LogP) is 2.83. The molecule has 0 spiro atoms. The van der Waals surface area contributed by atoms with Crippen molar-refractivity contribution in [3.05, 3.63) is 46.2 Å². The molecule has 0 bridgehead atoms. The lowest BCUT2D eigenvalue weighted by Gasteiger charge is -2.04. The molecule has 1 aromatic carbocycles. The molecule has 0 N–H and O–H groups in total. The monoisotopic (exact) mass is 285 g/mol. The Morgan fingerprint density at radius 1 is 1.40 bits per heavy atom. The molecule has 3 nitrogen and oxygen atoms in total. The van der Waals surface area contributed by atoms with Crippen molar-refractivity contribution in [3.63, 3.8) is 0 Å². The SMILES string of the molecule is ClCc1cnnn1Cc1cccc(Br)c1. The van der Waals surface area contributed by atoms with Crippen LogP contribution in [0.1, 0.15) is 11.3 Å². The molecule has 0 fully saturated rings. The highest BCUT2D eigenvalue weighted by molar-refractivity contribution is 9.10. The average molecular weight is 287 g/mol. The van der Waals surface area contributed by atoms with E-state index in [1.165, 1.54) is 5.56 Å². The van der Waals surface area contributed by atoms with Crippen molar-refractivity contribution in [1.82, 2.24) is 15.0 Å². The van der Waals surface area contributed by atoms with Crippen molar-refractivity contribution in [2.24, 2.45) is 0 Å². The number of aromatic nitrogens is 3. The first-order valence-corrected chi connectivity index (χ1v) is 5.80. The first-order chi connectivity index (χ1) is 7.29. The van der Waals surface area contributed by atoms with Gasteiger partial charge in [-0.15, -0.1) is 16.7 Å². The number of benzene rings is 1. The second-order valence-corrected chi connectivity index (χ2v) is 4.33. The number of halogens is 2. The van der Waals surface area contributed by atoms with E-state index in [0.29, 0.717) is 12.4 Å². The summed E-state index contributed by atoms with van der Waals surface area (Å²) in [7, 11) is 0. The summed E-state index contributed by atoms with van der Waals surface area (Å²) in [6, 6.07) is 8.09. The van der Waals surface area contributed by atoms with Crippen LogP contribution in [-0.2, 0) is 12.4 Å². The van der Waals surface area contributed by atoms with Crippen LogP contribution in [0.2, 0.25) is 0 Å². The van der Waals surface area contributed by atoms with Gasteiger partial charge in [-0.05, 0) is 17.7 Å². The third-order valence-electron chi connectivity index (χ3n) is 2.06. The largest absolute Gasteiger partial charge is 0.244 e. The maximum atomic E-state index is 5.76. The highest BCUT2D eigenvalue weighted by Crippen LogP contribution is 2.13. The normalized spacial score (nSPS) is 10.5. The molecule has 0 saturated heterocycles. The van der Waals surface area contributed by atoms with Crippen LogP contribution in [0.4, 0.5) is 0 Å². The smallest absolute Gasteiger partial charge is 0.0738 e. The fourth-order valence-corrected chi connectivity index (χ4v) is 1.98. The fraction of sp³-hybridized carbons (Fsp3) is 0.200. The Morgan fingerprint density at radius 3 is 3.00 bits per heavy atom. The zero-order valence-electron chi connectivity index (χ0n) is 7.90. The average Bonchev–Trinajstić information content (AvgIpc) is 2.65. The molecular formula is C10H9BrClN3. The molecule has 15 heavy (non-hydrogen) atoms. The van der Waals surface area contributed by atoms with Crippen molar-refractivity contribution < 1.29 is 0 Å². The van der Waals surface area contributed by atoms with E-state index in [1.54, 1.807) is 10.9 Å². The van der Waals surface area contributed by atoms with Crippen molar-refractivity contribution in [3.8, 4) is 0 Å². The maximum absolute atomic E-state index is 5.76. The molecule has 0 aliphatic rings. The van der Waals surface area contributed by atoms with E-state index in [9.17, 15) is 0 Å². The molecule has 78 valence electrons. The molecule has 0 unspecified atom stereocenters. The van der Waals surface area contributed by atoms with E-state index >= 15 is 0 Å². The van der Waals surface area contributed by atoms with E-state index in [0.717, 1.165) is 10.2 Å². The van der Waals surface area contributed by atoms with Gasteiger partial charge < -0.3 is 0 Å². The van der Waals surface area contributed by atoms with Crippen molar-refractivity contribution in [1.29, 1.82) is 0 Å². The molecule has 0 saturated carbocycles. The minimum atomic E-state index is 0.432. The minimum absolute atomic E-state index is 0.432. The van der Waals surface area contributed by atoms with Crippen LogP contribution >= 0.6 is 27.5 Å². The number of hydrogen-bond donors (Lipinski definition) is 0. The molecule has 0 amide bonds. The van der Waals surface area contributed by atoms with Gasteiger partial charge in [0.1, 0.15) is 0 Å². The Kier molecular flexibility index (Phi) is 3.38. The summed E-state index contributed by atoms with van der Waals surface area (Å²) in [4.78, 5) is 0. The molecule has 1 aromatic heterocycles. The van der Waals surface area contributed by atoms with Crippen LogP contribution in [0, 0.1) is 0 Å². The van der Waals surface area contributed by atoms with Crippen LogP contribution in [0.25, 0.3) is 0 Å². The summed E-state index contributed by atoms with van der Waals surface area (Å²) in [6.07, 6.45) is 1.69. The fourth-order valence-electron chi connectivity index (χ4n) is 1.32. The molecule has 0 aliphatic carbocycles. The second-order valence-electron chi connectivity index (χ2n) is 3.15. The standard InChI is InChI=1S/C10H9BrClN3/c11-9-3-1-2-8(4-9)7-15-10(5-12)6-13-14-15/h1-4,6H,5,7H2. The maximum Gasteiger partial charge on any atom is 0.0738 e. The quantitative estimate of drug-likeness (QED) is 0.812. The Labute approximate surface area is 101 Å². The lowest BCUT2D eigenvalue weighted by Crippen LogP contribution is -2.05. The van der Waals surface area contributed by atoms with Crippen LogP contribution in [0.5, 0.6) is 0 Å². The summed E-state index contributed by atoms with van der Waals surface area (Å²) >= 11 is 9.19. The van der Waals surface area contributed by atoms with Crippen molar-refractivity contribution in [2.45, 2.75) is 12.4 Å². The van der Waals surface area contributed by atoms with Crippen molar-refractivity contribution in [2.75, 3.05) is 0 Å². The van der Waals surface area contributed by atoms with Gasteiger partial charge in [0, 0.05) is 4.47 Å². The minimum Gasteiger partial charge on any atom is -0.244 e. The number of alkyl halides is 1. The summed E-state index contributed by atoms with van der Waals surface area (Å²) < 4.78 is 2.86. The second kappa shape index (κ2) is 4.77. The molecule has 2 aromatic rings. The van der Waals surface area contributed by atoms with Crippen LogP contribution in [0.3, 0.4) is 0 Å². The van der Waals surface area contributed by atoms with Gasteiger partial charge in [0.25, 0.3) is 0 Å². The molecule has 5 heteroatoms. The third-order valence-corrected chi connectivity index (χ3v) is 2.82. The Hall–Kier alpha value is -0.870. The van der Waals surface area contributed by atoms with E-state index in [-0.39, 0.29) is 0 Å². The lowest BCUT2D eigenvalue weighted by atomic mass is 10.2. The van der Waals surface area contributed by atoms with Gasteiger partial charge in [-0.3, -0.25) is 0 Å². The van der Waals surface area contributed by atoms with E-state index < -0.39 is 0 Å². The van der Waals surface area contributed by atoms with Crippen LogP contribution in [0.15, 0.2) is 34.9 Å². The molecule has 2 rings (SSSR count).